The third-order valence-electron chi connectivity index (χ3n) is 3.01. The van der Waals surface area contributed by atoms with Crippen molar-refractivity contribution in [1.29, 1.82) is 0 Å². The Balaban J connectivity index is 1.91. The van der Waals surface area contributed by atoms with E-state index >= 15 is 0 Å². The molecule has 1 aliphatic carbocycles. The average molecular weight is 263 g/mol. The molecule has 0 atom stereocenters. The van der Waals surface area contributed by atoms with E-state index in [1.165, 1.54) is 6.07 Å². The predicted octanol–water partition coefficient (Wildman–Crippen LogP) is 2.12. The van der Waals surface area contributed by atoms with Crippen LogP contribution in [-0.4, -0.2) is 16.7 Å². The first-order chi connectivity index (χ1) is 9.28. The molecule has 0 radical (unpaired) electrons. The average Bonchev–Trinajstić information content (AvgIpc) is 3.12. The lowest BCUT2D eigenvalue weighted by Crippen LogP contribution is -2.03. The smallest absolute Gasteiger partial charge is 0.240 e. The van der Waals surface area contributed by atoms with Gasteiger partial charge in [0.15, 0.2) is 11.6 Å². The Kier molecular flexibility index (Phi) is 3.16. The Bertz CT molecular complexity index is 581. The summed E-state index contributed by atoms with van der Waals surface area (Å²) in [6.07, 6.45) is 2.28. The molecule has 1 fully saturated rings. The van der Waals surface area contributed by atoms with Gasteiger partial charge < -0.3 is 15.0 Å². The number of nitrogens with two attached hydrogens (primary N) is 1. The maximum atomic E-state index is 13.9. The van der Waals surface area contributed by atoms with E-state index in [0.29, 0.717) is 29.8 Å². The fourth-order valence-electron chi connectivity index (χ4n) is 1.76. The van der Waals surface area contributed by atoms with Crippen LogP contribution >= 0.6 is 0 Å². The number of para-hydroxylation sites is 1. The molecule has 0 spiro atoms. The van der Waals surface area contributed by atoms with Crippen LogP contribution < -0.4 is 10.5 Å². The summed E-state index contributed by atoms with van der Waals surface area (Å²) >= 11 is 0. The highest BCUT2D eigenvalue weighted by Crippen LogP contribution is 2.34. The molecule has 1 heterocycles. The molecule has 5 nitrogen and oxygen atoms in total. The van der Waals surface area contributed by atoms with Crippen LogP contribution in [0, 0.1) is 11.7 Å². The van der Waals surface area contributed by atoms with Crippen molar-refractivity contribution in [3.8, 4) is 17.1 Å². The van der Waals surface area contributed by atoms with Crippen molar-refractivity contribution in [2.45, 2.75) is 19.4 Å². The van der Waals surface area contributed by atoms with Crippen molar-refractivity contribution in [2.75, 3.05) is 6.61 Å². The molecule has 0 bridgehead atoms. The molecule has 0 unspecified atom stereocenters. The molecule has 19 heavy (non-hydrogen) atoms. The van der Waals surface area contributed by atoms with Gasteiger partial charge in [0.25, 0.3) is 0 Å². The van der Waals surface area contributed by atoms with Gasteiger partial charge >= 0.3 is 0 Å². The third kappa shape index (κ3) is 2.58. The van der Waals surface area contributed by atoms with Crippen molar-refractivity contribution < 1.29 is 13.7 Å². The number of rotatable bonds is 5. The van der Waals surface area contributed by atoms with Crippen LogP contribution in [-0.2, 0) is 6.54 Å². The number of halogens is 1. The van der Waals surface area contributed by atoms with Gasteiger partial charge in [-0.25, -0.2) is 4.39 Å². The van der Waals surface area contributed by atoms with Crippen molar-refractivity contribution >= 4 is 0 Å². The molecule has 6 heteroatoms. The third-order valence-corrected chi connectivity index (χ3v) is 3.01. The highest BCUT2D eigenvalue weighted by Gasteiger charge is 2.24. The first kappa shape index (κ1) is 12.1. The molecule has 2 aromatic rings. The Morgan fingerprint density at radius 1 is 1.42 bits per heavy atom. The molecule has 0 amide bonds. The maximum absolute atomic E-state index is 13.9. The monoisotopic (exact) mass is 263 g/mol. The summed E-state index contributed by atoms with van der Waals surface area (Å²) in [4.78, 5) is 4.09. The summed E-state index contributed by atoms with van der Waals surface area (Å²) < 4.78 is 24.4. The van der Waals surface area contributed by atoms with Crippen LogP contribution in [0.1, 0.15) is 18.7 Å². The largest absolute Gasteiger partial charge is 0.489 e. The first-order valence-corrected chi connectivity index (χ1v) is 6.22. The van der Waals surface area contributed by atoms with E-state index in [2.05, 4.69) is 10.1 Å². The van der Waals surface area contributed by atoms with E-state index in [1.54, 1.807) is 12.1 Å². The number of hydrogen-bond acceptors (Lipinski definition) is 5. The molecule has 0 saturated heterocycles. The Labute approximate surface area is 109 Å². The topological polar surface area (TPSA) is 74.2 Å². The first-order valence-electron chi connectivity index (χ1n) is 6.22. The van der Waals surface area contributed by atoms with E-state index in [9.17, 15) is 4.39 Å². The normalized spacial score (nSPS) is 14.6. The van der Waals surface area contributed by atoms with Crippen molar-refractivity contribution in [1.82, 2.24) is 10.1 Å². The van der Waals surface area contributed by atoms with Gasteiger partial charge in [-0.05, 0) is 30.9 Å². The molecule has 1 aliphatic rings. The van der Waals surface area contributed by atoms with E-state index in [-0.39, 0.29) is 12.3 Å². The SMILES string of the molecule is NCc1nc(-c2cccc(F)c2OCC2CC2)no1. The number of nitrogens with zero attached hydrogens (tertiary/aromatic N) is 2. The van der Waals surface area contributed by atoms with Gasteiger partial charge in [0, 0.05) is 0 Å². The second-order valence-corrected chi connectivity index (χ2v) is 4.59. The minimum Gasteiger partial charge on any atom is -0.489 e. The molecular weight excluding hydrogens is 249 g/mol. The molecule has 1 aromatic carbocycles. The fourth-order valence-corrected chi connectivity index (χ4v) is 1.76. The van der Waals surface area contributed by atoms with E-state index in [1.807, 2.05) is 0 Å². The number of benzene rings is 1. The molecule has 0 aliphatic heterocycles. The Morgan fingerprint density at radius 2 is 2.26 bits per heavy atom. The minimum absolute atomic E-state index is 0.153. The summed E-state index contributed by atoms with van der Waals surface area (Å²) in [5.74, 6) is 0.909. The highest BCUT2D eigenvalue weighted by molar-refractivity contribution is 5.64. The lowest BCUT2D eigenvalue weighted by Gasteiger charge is -2.09. The van der Waals surface area contributed by atoms with Crippen molar-refractivity contribution in [2.24, 2.45) is 11.7 Å². The maximum Gasteiger partial charge on any atom is 0.240 e. The zero-order chi connectivity index (χ0) is 13.2. The number of hydrogen-bond donors (Lipinski definition) is 1. The summed E-state index contributed by atoms with van der Waals surface area (Å²) in [6, 6.07) is 4.65. The summed E-state index contributed by atoms with van der Waals surface area (Å²) in [6.45, 7) is 0.677. The summed E-state index contributed by atoms with van der Waals surface area (Å²) in [7, 11) is 0. The molecule has 1 saturated carbocycles. The van der Waals surface area contributed by atoms with Gasteiger partial charge in [0.05, 0.1) is 18.7 Å². The second kappa shape index (κ2) is 4.97. The van der Waals surface area contributed by atoms with Gasteiger partial charge in [0.1, 0.15) is 0 Å². The quantitative estimate of drug-likeness (QED) is 0.894. The lowest BCUT2D eigenvalue weighted by molar-refractivity contribution is 0.286. The summed E-state index contributed by atoms with van der Waals surface area (Å²) in [5, 5.41) is 3.79. The molecule has 100 valence electrons. The van der Waals surface area contributed by atoms with Crippen LogP contribution in [0.2, 0.25) is 0 Å². The van der Waals surface area contributed by atoms with Gasteiger partial charge in [-0.1, -0.05) is 11.2 Å². The van der Waals surface area contributed by atoms with Crippen LogP contribution in [0.5, 0.6) is 5.75 Å². The molecular formula is C13H14FN3O2. The molecule has 1 aromatic heterocycles. The lowest BCUT2D eigenvalue weighted by atomic mass is 10.2. The van der Waals surface area contributed by atoms with E-state index in [0.717, 1.165) is 12.8 Å². The fraction of sp³-hybridized carbons (Fsp3) is 0.385. The van der Waals surface area contributed by atoms with Gasteiger partial charge in [0.2, 0.25) is 11.7 Å². The zero-order valence-corrected chi connectivity index (χ0v) is 10.3. The van der Waals surface area contributed by atoms with Crippen molar-refractivity contribution in [3.05, 3.63) is 29.9 Å². The van der Waals surface area contributed by atoms with Gasteiger partial charge in [-0.15, -0.1) is 0 Å². The minimum atomic E-state index is -0.419. The van der Waals surface area contributed by atoms with Crippen LogP contribution in [0.15, 0.2) is 22.7 Å². The van der Waals surface area contributed by atoms with Crippen LogP contribution in [0.4, 0.5) is 4.39 Å². The Morgan fingerprint density at radius 3 is 2.95 bits per heavy atom. The van der Waals surface area contributed by atoms with E-state index < -0.39 is 5.82 Å². The van der Waals surface area contributed by atoms with Crippen molar-refractivity contribution in [3.63, 3.8) is 0 Å². The number of aromatic nitrogens is 2. The second-order valence-electron chi connectivity index (χ2n) is 4.59. The molecule has 3 rings (SSSR count). The van der Waals surface area contributed by atoms with Gasteiger partial charge in [-0.3, -0.25) is 0 Å². The van der Waals surface area contributed by atoms with Gasteiger partial charge in [-0.2, -0.15) is 4.98 Å². The highest BCUT2D eigenvalue weighted by atomic mass is 19.1. The molecule has 2 N–H and O–H groups in total. The number of ether oxygens (including phenoxy) is 1. The predicted molar refractivity (Wildman–Crippen MR) is 65.8 cm³/mol. The summed E-state index contributed by atoms with van der Waals surface area (Å²) in [5.41, 5.74) is 5.90. The zero-order valence-electron chi connectivity index (χ0n) is 10.3. The standard InChI is InChI=1S/C13H14FN3O2/c14-10-3-1-2-9(12(10)18-7-8-4-5-8)13-16-11(6-15)19-17-13/h1-3,8H,4-7,15H2. The van der Waals surface area contributed by atoms with Crippen LogP contribution in [0.25, 0.3) is 11.4 Å². The Hall–Kier alpha value is -1.95. The van der Waals surface area contributed by atoms with Crippen LogP contribution in [0.3, 0.4) is 0 Å². The van der Waals surface area contributed by atoms with E-state index in [4.69, 9.17) is 15.0 Å².